The Balaban J connectivity index is 1.42. The minimum Gasteiger partial charge on any atom is -0.456 e. The summed E-state index contributed by atoms with van der Waals surface area (Å²) in [6.45, 7) is 4.13. The SMILES string of the molecule is CC(=O)OCC(=O)NC1CCN(c2ccc(-c3ccc([N+]4(C(C)C(N)=O)CCOC4=O)cc3F)cn2)CC1. The maximum absolute atomic E-state index is 15.3. The van der Waals surface area contributed by atoms with Crippen LogP contribution in [0.1, 0.15) is 26.7 Å². The van der Waals surface area contributed by atoms with E-state index >= 15 is 4.39 Å². The molecule has 0 aliphatic carbocycles. The lowest BCUT2D eigenvalue weighted by Gasteiger charge is -2.33. The van der Waals surface area contributed by atoms with Crippen LogP contribution < -0.4 is 20.4 Å². The van der Waals surface area contributed by atoms with Crippen LogP contribution in [0.3, 0.4) is 0 Å². The lowest BCUT2D eigenvalue weighted by Crippen LogP contribution is -2.61. The molecule has 38 heavy (non-hydrogen) atoms. The molecule has 2 atom stereocenters. The molecule has 2 fully saturated rings. The summed E-state index contributed by atoms with van der Waals surface area (Å²) < 4.78 is 24.6. The summed E-state index contributed by atoms with van der Waals surface area (Å²) in [6.07, 6.45) is 2.36. The summed E-state index contributed by atoms with van der Waals surface area (Å²) in [7, 11) is 0. The number of piperidine rings is 1. The topological polar surface area (TPSA) is 141 Å². The van der Waals surface area contributed by atoms with E-state index < -0.39 is 34.3 Å². The number of carbonyl (C=O) groups is 4. The maximum atomic E-state index is 15.3. The highest BCUT2D eigenvalue weighted by Gasteiger charge is 2.53. The number of pyridine rings is 1. The van der Waals surface area contributed by atoms with E-state index in [1.54, 1.807) is 24.4 Å². The number of primary amides is 1. The van der Waals surface area contributed by atoms with Crippen LogP contribution in [0.15, 0.2) is 36.5 Å². The molecule has 2 aliphatic rings. The Morgan fingerprint density at radius 2 is 2.00 bits per heavy atom. The zero-order valence-corrected chi connectivity index (χ0v) is 21.3. The number of nitrogens with one attached hydrogen (secondary N) is 1. The average molecular weight is 529 g/mol. The number of carbonyl (C=O) groups excluding carboxylic acids is 4. The van der Waals surface area contributed by atoms with Crippen molar-refractivity contribution in [1.82, 2.24) is 14.8 Å². The number of hydrogen-bond donors (Lipinski definition) is 2. The van der Waals surface area contributed by atoms with Crippen LogP contribution in [0.2, 0.25) is 0 Å². The number of benzene rings is 1. The number of anilines is 1. The second-order valence-corrected chi connectivity index (χ2v) is 9.46. The molecule has 1 aromatic carbocycles. The molecule has 2 aromatic rings. The number of rotatable bonds is 8. The average Bonchev–Trinajstić information content (AvgIpc) is 3.29. The van der Waals surface area contributed by atoms with E-state index in [-0.39, 0.29) is 31.7 Å². The van der Waals surface area contributed by atoms with Crippen LogP contribution in [0.5, 0.6) is 0 Å². The highest BCUT2D eigenvalue weighted by atomic mass is 19.1. The predicted molar refractivity (Wildman–Crippen MR) is 136 cm³/mol. The number of ether oxygens (including phenoxy) is 2. The van der Waals surface area contributed by atoms with E-state index in [2.05, 4.69) is 15.2 Å². The molecule has 3 amide bonds. The largest absolute Gasteiger partial charge is 0.522 e. The van der Waals surface area contributed by atoms with Gasteiger partial charge in [0, 0.05) is 55.5 Å². The van der Waals surface area contributed by atoms with Crippen molar-refractivity contribution < 1.29 is 33.0 Å². The first-order valence-electron chi connectivity index (χ1n) is 12.4. The molecule has 2 saturated heterocycles. The first kappa shape index (κ1) is 27.0. The molecule has 0 bridgehead atoms. The van der Waals surface area contributed by atoms with Crippen molar-refractivity contribution in [3.05, 3.63) is 42.3 Å². The summed E-state index contributed by atoms with van der Waals surface area (Å²) in [5.74, 6) is -1.33. The standard InChI is InChI=1S/C26H30FN5O6/c1-16(25(28)35)32(11-12-37-26(32)36)20-4-5-21(22(27)13-20)18-3-6-23(29-14-18)31-9-7-19(8-10-31)30-24(34)15-38-17(2)33/h3-6,13-14,16,19H,7-12,15H2,1-2H3,(H2-,28,30,34,35)/p+1. The van der Waals surface area contributed by atoms with Crippen LogP contribution >= 0.6 is 0 Å². The summed E-state index contributed by atoms with van der Waals surface area (Å²) in [5, 5.41) is 2.87. The van der Waals surface area contributed by atoms with Gasteiger partial charge in [-0.15, -0.1) is 0 Å². The molecule has 3 heterocycles. The van der Waals surface area contributed by atoms with Crippen LogP contribution in [-0.4, -0.2) is 73.8 Å². The fourth-order valence-corrected chi connectivity index (χ4v) is 4.92. The van der Waals surface area contributed by atoms with E-state index in [4.69, 9.17) is 15.2 Å². The molecule has 2 aliphatic heterocycles. The normalized spacial score (nSPS) is 20.5. The van der Waals surface area contributed by atoms with Gasteiger partial charge in [0.2, 0.25) is 0 Å². The zero-order valence-electron chi connectivity index (χ0n) is 21.3. The molecule has 0 radical (unpaired) electrons. The molecular formula is C26H31FN5O6+. The Morgan fingerprint density at radius 1 is 1.26 bits per heavy atom. The molecule has 12 heteroatoms. The van der Waals surface area contributed by atoms with E-state index in [0.717, 1.165) is 5.82 Å². The van der Waals surface area contributed by atoms with E-state index in [0.29, 0.717) is 42.7 Å². The minimum absolute atomic E-state index is 0.0164. The van der Waals surface area contributed by atoms with Crippen molar-refractivity contribution in [3.8, 4) is 11.1 Å². The minimum atomic E-state index is -0.914. The lowest BCUT2D eigenvalue weighted by molar-refractivity contribution is -0.146. The Hall–Kier alpha value is -4.06. The molecule has 0 saturated carbocycles. The third-order valence-electron chi connectivity index (χ3n) is 7.13. The number of nitrogens with two attached hydrogens (primary N) is 1. The van der Waals surface area contributed by atoms with Gasteiger partial charge >= 0.3 is 12.1 Å². The predicted octanol–water partition coefficient (Wildman–Crippen LogP) is 1.87. The second-order valence-electron chi connectivity index (χ2n) is 9.46. The van der Waals surface area contributed by atoms with Crippen molar-refractivity contribution in [2.24, 2.45) is 5.73 Å². The molecule has 4 rings (SSSR count). The molecule has 3 N–H and O–H groups in total. The van der Waals surface area contributed by atoms with Crippen LogP contribution in [0.25, 0.3) is 11.1 Å². The van der Waals surface area contributed by atoms with Gasteiger partial charge in [0.05, 0.1) is 0 Å². The molecule has 1 aromatic heterocycles. The second kappa shape index (κ2) is 11.1. The number of nitrogens with zero attached hydrogens (tertiary/aromatic N) is 3. The van der Waals surface area contributed by atoms with Gasteiger partial charge in [0.15, 0.2) is 12.6 Å². The maximum Gasteiger partial charge on any atom is 0.522 e. The van der Waals surface area contributed by atoms with Crippen molar-refractivity contribution >= 4 is 35.4 Å². The van der Waals surface area contributed by atoms with Crippen molar-refractivity contribution in [1.29, 1.82) is 0 Å². The number of cyclic esters (lactones) is 1. The van der Waals surface area contributed by atoms with Crippen LogP contribution in [-0.2, 0) is 23.9 Å². The van der Waals surface area contributed by atoms with Gasteiger partial charge in [-0.2, -0.15) is 9.28 Å². The number of quaternary nitrogens is 1. The fourth-order valence-electron chi connectivity index (χ4n) is 4.92. The van der Waals surface area contributed by atoms with E-state index in [9.17, 15) is 19.2 Å². The summed E-state index contributed by atoms with van der Waals surface area (Å²) in [4.78, 5) is 53.8. The van der Waals surface area contributed by atoms with E-state index in [1.807, 2.05) is 6.07 Å². The van der Waals surface area contributed by atoms with E-state index in [1.165, 1.54) is 19.9 Å². The number of halogens is 1. The van der Waals surface area contributed by atoms with Gasteiger partial charge in [0.1, 0.15) is 30.5 Å². The van der Waals surface area contributed by atoms with Gasteiger partial charge in [-0.3, -0.25) is 14.4 Å². The molecule has 11 nitrogen and oxygen atoms in total. The molecule has 0 spiro atoms. The number of aromatic nitrogens is 1. The van der Waals surface area contributed by atoms with Crippen molar-refractivity contribution in [2.45, 2.75) is 38.8 Å². The van der Waals surface area contributed by atoms with Gasteiger partial charge in [-0.05, 0) is 38.0 Å². The smallest absolute Gasteiger partial charge is 0.456 e. The molecule has 202 valence electrons. The summed E-state index contributed by atoms with van der Waals surface area (Å²) >= 11 is 0. The quantitative estimate of drug-likeness (QED) is 0.391. The first-order chi connectivity index (χ1) is 18.1. The Kier molecular flexibility index (Phi) is 7.91. The number of esters is 1. The molecule has 2 unspecified atom stereocenters. The Bertz CT molecular complexity index is 1230. The third kappa shape index (κ3) is 5.44. The summed E-state index contributed by atoms with van der Waals surface area (Å²) in [6, 6.07) is 7.07. The highest BCUT2D eigenvalue weighted by molar-refractivity contribution is 5.93. The fraction of sp³-hybridized carbons (Fsp3) is 0.423. The number of amides is 3. The highest BCUT2D eigenvalue weighted by Crippen LogP contribution is 2.35. The third-order valence-corrected chi connectivity index (χ3v) is 7.13. The summed E-state index contributed by atoms with van der Waals surface area (Å²) in [5.41, 5.74) is 6.65. The zero-order chi connectivity index (χ0) is 27.4. The number of hydrogen-bond acceptors (Lipinski definition) is 8. The van der Waals surface area contributed by atoms with Crippen LogP contribution in [0, 0.1) is 5.82 Å². The van der Waals surface area contributed by atoms with Crippen molar-refractivity contribution in [2.75, 3.05) is 37.7 Å². The molecular weight excluding hydrogens is 497 g/mol. The first-order valence-corrected chi connectivity index (χ1v) is 12.4. The lowest BCUT2D eigenvalue weighted by atomic mass is 10.0. The van der Waals surface area contributed by atoms with Gasteiger partial charge in [-0.25, -0.2) is 9.37 Å². The van der Waals surface area contributed by atoms with Gasteiger partial charge in [0.25, 0.3) is 11.8 Å². The van der Waals surface area contributed by atoms with Gasteiger partial charge in [-0.1, -0.05) is 0 Å². The van der Waals surface area contributed by atoms with Gasteiger partial charge < -0.3 is 25.4 Å². The monoisotopic (exact) mass is 528 g/mol. The Labute approximate surface area is 219 Å². The van der Waals surface area contributed by atoms with Crippen molar-refractivity contribution in [3.63, 3.8) is 0 Å². The Morgan fingerprint density at radius 3 is 2.55 bits per heavy atom. The van der Waals surface area contributed by atoms with Crippen LogP contribution in [0.4, 0.5) is 20.7 Å².